The number of aromatic amines is 1. The molecule has 2 fully saturated rings. The number of carbonyl (C=O) groups excluding carboxylic acids is 3. The predicted molar refractivity (Wildman–Crippen MR) is 192 cm³/mol. The first-order valence-corrected chi connectivity index (χ1v) is 18.6. The maximum atomic E-state index is 12.8. The Hall–Kier alpha value is -3.57. The molecule has 6 unspecified atom stereocenters. The van der Waals surface area contributed by atoms with Gasteiger partial charge in [0.15, 0.2) is 17.7 Å². The SMILES string of the molecule is CC(C)(O)O.CC1CCCC(NC(=O)C2=CCCC(OC(C(N)=O)C3CCC(n4ccc(=O)[nH]c4=O)O3)O2)C(=O)N1.CCCCCCCCCCO. The zero-order valence-electron chi connectivity index (χ0n) is 31.1. The Bertz CT molecular complexity index is 1380. The van der Waals surface area contributed by atoms with Crippen molar-refractivity contribution in [3.63, 3.8) is 0 Å². The Balaban J connectivity index is 0.000000489. The van der Waals surface area contributed by atoms with Gasteiger partial charge in [0, 0.05) is 31.3 Å². The summed E-state index contributed by atoms with van der Waals surface area (Å²) in [5, 5.41) is 30.2. The smallest absolute Gasteiger partial charge is 0.330 e. The quantitative estimate of drug-likeness (QED) is 0.101. The highest BCUT2D eigenvalue weighted by atomic mass is 16.7. The Morgan fingerprint density at radius 2 is 1.69 bits per heavy atom. The molecule has 0 radical (unpaired) electrons. The van der Waals surface area contributed by atoms with E-state index in [0.717, 1.165) is 19.3 Å². The summed E-state index contributed by atoms with van der Waals surface area (Å²) in [5.41, 5.74) is 4.42. The third-order valence-electron chi connectivity index (χ3n) is 8.47. The number of nitrogens with two attached hydrogens (primary N) is 1. The van der Waals surface area contributed by atoms with Gasteiger partial charge in [0.1, 0.15) is 12.3 Å². The second-order valence-corrected chi connectivity index (χ2v) is 13.9. The van der Waals surface area contributed by atoms with Gasteiger partial charge in [0.05, 0.1) is 6.10 Å². The fourth-order valence-electron chi connectivity index (χ4n) is 5.86. The zero-order valence-corrected chi connectivity index (χ0v) is 31.1. The van der Waals surface area contributed by atoms with E-state index in [2.05, 4.69) is 22.5 Å². The number of aliphatic hydroxyl groups is 3. The van der Waals surface area contributed by atoms with Gasteiger partial charge in [-0.2, -0.15) is 0 Å². The van der Waals surface area contributed by atoms with Crippen LogP contribution in [0.25, 0.3) is 0 Å². The highest BCUT2D eigenvalue weighted by molar-refractivity contribution is 5.95. The van der Waals surface area contributed by atoms with Crippen LogP contribution in [0.4, 0.5) is 0 Å². The Labute approximate surface area is 305 Å². The third kappa shape index (κ3) is 17.3. The Morgan fingerprint density at radius 3 is 2.31 bits per heavy atom. The van der Waals surface area contributed by atoms with Gasteiger partial charge < -0.3 is 45.9 Å². The Morgan fingerprint density at radius 1 is 1.04 bits per heavy atom. The van der Waals surface area contributed by atoms with Crippen molar-refractivity contribution < 1.29 is 43.9 Å². The third-order valence-corrected chi connectivity index (χ3v) is 8.47. The van der Waals surface area contributed by atoms with E-state index in [1.54, 1.807) is 6.08 Å². The topological polar surface area (TPSA) is 245 Å². The number of ether oxygens (including phenoxy) is 3. The summed E-state index contributed by atoms with van der Waals surface area (Å²) in [4.78, 5) is 62.8. The number of allylic oxidation sites excluding steroid dienone is 1. The van der Waals surface area contributed by atoms with Crippen LogP contribution in [0.5, 0.6) is 0 Å². The fourth-order valence-corrected chi connectivity index (χ4v) is 5.86. The second kappa shape index (κ2) is 23.2. The van der Waals surface area contributed by atoms with E-state index < -0.39 is 59.6 Å². The molecule has 52 heavy (non-hydrogen) atoms. The van der Waals surface area contributed by atoms with Crippen LogP contribution in [-0.4, -0.2) is 85.6 Å². The molecule has 6 atom stereocenters. The second-order valence-electron chi connectivity index (χ2n) is 13.9. The van der Waals surface area contributed by atoms with E-state index in [9.17, 15) is 24.0 Å². The number of amides is 3. The maximum absolute atomic E-state index is 12.8. The van der Waals surface area contributed by atoms with Crippen LogP contribution in [0.3, 0.4) is 0 Å². The molecule has 0 saturated carbocycles. The summed E-state index contributed by atoms with van der Waals surface area (Å²) in [6.07, 6.45) is 13.5. The number of unbranched alkanes of at least 4 members (excludes halogenated alkanes) is 7. The van der Waals surface area contributed by atoms with Crippen molar-refractivity contribution in [2.24, 2.45) is 5.73 Å². The number of aliphatic hydroxyl groups excluding tert-OH is 1. The summed E-state index contributed by atoms with van der Waals surface area (Å²) in [7, 11) is 0. The van der Waals surface area contributed by atoms with Crippen LogP contribution in [0, 0.1) is 0 Å². The van der Waals surface area contributed by atoms with Gasteiger partial charge in [0.25, 0.3) is 11.5 Å². The molecule has 296 valence electrons. The van der Waals surface area contributed by atoms with Gasteiger partial charge in [-0.15, -0.1) is 0 Å². The van der Waals surface area contributed by atoms with E-state index >= 15 is 0 Å². The van der Waals surface area contributed by atoms with Crippen molar-refractivity contribution in [2.45, 2.75) is 167 Å². The largest absolute Gasteiger partial charge is 0.459 e. The van der Waals surface area contributed by atoms with Crippen LogP contribution in [0.2, 0.25) is 0 Å². The summed E-state index contributed by atoms with van der Waals surface area (Å²) < 4.78 is 18.6. The van der Waals surface area contributed by atoms with Gasteiger partial charge in [-0.1, -0.05) is 51.9 Å². The van der Waals surface area contributed by atoms with Crippen molar-refractivity contribution in [2.75, 3.05) is 6.61 Å². The number of primary amides is 1. The van der Waals surface area contributed by atoms with Crippen molar-refractivity contribution in [1.82, 2.24) is 20.2 Å². The molecule has 4 rings (SSSR count). The molecule has 4 heterocycles. The summed E-state index contributed by atoms with van der Waals surface area (Å²) in [6.45, 7) is 7.13. The molecule has 0 aliphatic carbocycles. The van der Waals surface area contributed by atoms with Crippen LogP contribution in [-0.2, 0) is 28.6 Å². The number of H-pyrrole nitrogens is 1. The van der Waals surface area contributed by atoms with E-state index in [-0.39, 0.29) is 17.7 Å². The summed E-state index contributed by atoms with van der Waals surface area (Å²) in [6, 6.07) is 0.592. The number of hydrogen-bond donors (Lipinski definition) is 7. The number of carbonyl (C=O) groups is 3. The van der Waals surface area contributed by atoms with Gasteiger partial charge in [-0.3, -0.25) is 28.7 Å². The minimum Gasteiger partial charge on any atom is -0.459 e. The van der Waals surface area contributed by atoms with Crippen LogP contribution < -0.4 is 27.6 Å². The van der Waals surface area contributed by atoms with Crippen LogP contribution >= 0.6 is 0 Å². The van der Waals surface area contributed by atoms with Crippen molar-refractivity contribution in [1.29, 1.82) is 0 Å². The molecule has 1 aromatic heterocycles. The van der Waals surface area contributed by atoms with Crippen molar-refractivity contribution in [3.8, 4) is 0 Å². The number of aromatic nitrogens is 2. The Kier molecular flexibility index (Phi) is 19.9. The van der Waals surface area contributed by atoms with Crippen LogP contribution in [0.1, 0.15) is 130 Å². The molecule has 3 amide bonds. The molecule has 1 aromatic rings. The molecule has 3 aliphatic rings. The normalized spacial score (nSPS) is 23.6. The number of nitrogens with zero attached hydrogens (tertiary/aromatic N) is 1. The van der Waals surface area contributed by atoms with Crippen LogP contribution in [0.15, 0.2) is 33.7 Å². The molecule has 0 spiro atoms. The van der Waals surface area contributed by atoms with E-state index in [4.69, 9.17) is 35.3 Å². The standard InChI is InChI=1S/C23H31N5O8.C10H22O.C3H8O2/c1-12-4-2-5-13(21(31)25-12)26-22(32)15-6-3-7-18(35-15)36-19(20(24)30)14-8-9-17(34-14)28-11-10-16(29)27-23(28)33;1-2-3-4-5-6-7-8-9-10-11;1-3(2,4)5/h6,10-14,17-19H,2-5,7-9H2,1H3,(H2,24,30)(H,25,31)(H,26,32)(H,27,29,33);11H,2-10H2,1H3;4-5H,1-2H3. The monoisotopic (exact) mass is 739 g/mol. The minimum atomic E-state index is -1.50. The molecular weight excluding hydrogens is 678 g/mol. The minimum absolute atomic E-state index is 0.00424. The first-order valence-electron chi connectivity index (χ1n) is 18.6. The number of hydrogen-bond acceptors (Lipinski definition) is 11. The highest BCUT2D eigenvalue weighted by Gasteiger charge is 2.39. The lowest BCUT2D eigenvalue weighted by atomic mass is 10.1. The number of nitrogens with one attached hydrogen (secondary N) is 3. The molecule has 16 heteroatoms. The summed E-state index contributed by atoms with van der Waals surface area (Å²) in [5.74, 6) is -3.04. The lowest BCUT2D eigenvalue weighted by Crippen LogP contribution is -2.48. The van der Waals surface area contributed by atoms with Gasteiger partial charge >= 0.3 is 5.69 Å². The van der Waals surface area contributed by atoms with Gasteiger partial charge in [-0.05, 0) is 71.8 Å². The van der Waals surface area contributed by atoms with E-state index in [0.29, 0.717) is 38.7 Å². The lowest BCUT2D eigenvalue weighted by Gasteiger charge is -2.30. The van der Waals surface area contributed by atoms with E-state index in [1.165, 1.54) is 75.6 Å². The van der Waals surface area contributed by atoms with Crippen molar-refractivity contribution >= 4 is 17.7 Å². The first-order chi connectivity index (χ1) is 24.6. The number of rotatable bonds is 15. The highest BCUT2D eigenvalue weighted by Crippen LogP contribution is 2.31. The molecule has 3 aliphatic heterocycles. The molecule has 0 bridgehead atoms. The molecule has 8 N–H and O–H groups in total. The predicted octanol–water partition coefficient (Wildman–Crippen LogP) is 2.11. The maximum Gasteiger partial charge on any atom is 0.330 e. The molecule has 2 saturated heterocycles. The van der Waals surface area contributed by atoms with Gasteiger partial charge in [0.2, 0.25) is 18.1 Å². The summed E-state index contributed by atoms with van der Waals surface area (Å²) >= 11 is 0. The average molecular weight is 740 g/mol. The lowest BCUT2D eigenvalue weighted by molar-refractivity contribution is -0.195. The zero-order chi connectivity index (χ0) is 38.7. The van der Waals surface area contributed by atoms with Gasteiger partial charge in [-0.25, -0.2) is 4.79 Å². The molecule has 16 nitrogen and oxygen atoms in total. The molecule has 0 aromatic carbocycles. The van der Waals surface area contributed by atoms with Crippen molar-refractivity contribution in [3.05, 3.63) is 44.9 Å². The van der Waals surface area contributed by atoms with E-state index in [1.807, 2.05) is 6.92 Å². The molecular formula is C36H61N5O11. The average Bonchev–Trinajstić information content (AvgIpc) is 3.49. The fraction of sp³-hybridized carbons (Fsp3) is 0.750. The first kappa shape index (κ1) is 44.6.